The van der Waals surface area contributed by atoms with E-state index >= 15 is 0 Å². The number of carbonyl (C=O) groups is 2. The van der Waals surface area contributed by atoms with Crippen LogP contribution in [-0.4, -0.2) is 18.0 Å². The Labute approximate surface area is 187 Å². The second kappa shape index (κ2) is 10.6. The van der Waals surface area contributed by atoms with Crippen molar-refractivity contribution in [2.45, 2.75) is 6.61 Å². The Kier molecular flexibility index (Phi) is 7.59. The fourth-order valence-electron chi connectivity index (χ4n) is 2.45. The van der Waals surface area contributed by atoms with Crippen LogP contribution in [-0.2, 0) is 16.2 Å². The summed E-state index contributed by atoms with van der Waals surface area (Å²) in [4.78, 5) is 23.9. The molecule has 0 spiro atoms. The van der Waals surface area contributed by atoms with Crippen LogP contribution >= 0.6 is 27.5 Å². The van der Waals surface area contributed by atoms with Crippen molar-refractivity contribution in [1.82, 2.24) is 5.43 Å². The van der Waals surface area contributed by atoms with Gasteiger partial charge in [0.15, 0.2) is 0 Å². The van der Waals surface area contributed by atoms with Gasteiger partial charge in [0.25, 0.3) is 0 Å². The van der Waals surface area contributed by atoms with Gasteiger partial charge in [0.2, 0.25) is 0 Å². The predicted molar refractivity (Wildman–Crippen MR) is 121 cm³/mol. The number of hydrogen-bond acceptors (Lipinski definition) is 4. The number of ether oxygens (including phenoxy) is 1. The number of halogens is 2. The van der Waals surface area contributed by atoms with Crippen molar-refractivity contribution in [2.24, 2.45) is 5.10 Å². The van der Waals surface area contributed by atoms with Crippen LogP contribution in [0.2, 0.25) is 5.02 Å². The fourth-order valence-corrected chi connectivity index (χ4v) is 3.02. The average Bonchev–Trinajstić information content (AvgIpc) is 2.74. The van der Waals surface area contributed by atoms with E-state index in [1.165, 1.54) is 12.3 Å². The van der Waals surface area contributed by atoms with Gasteiger partial charge in [-0.25, -0.2) is 5.43 Å². The minimum Gasteiger partial charge on any atom is -0.488 e. The molecule has 0 atom stereocenters. The Morgan fingerprint density at radius 1 is 1.00 bits per heavy atom. The number of nitrogens with zero attached hydrogens (tertiary/aromatic N) is 1. The van der Waals surface area contributed by atoms with Gasteiger partial charge >= 0.3 is 11.8 Å². The molecule has 3 aromatic carbocycles. The lowest BCUT2D eigenvalue weighted by molar-refractivity contribution is -0.136. The van der Waals surface area contributed by atoms with E-state index in [1.54, 1.807) is 30.3 Å². The Balaban J connectivity index is 1.61. The fraction of sp³-hybridized carbons (Fsp3) is 0.0455. The van der Waals surface area contributed by atoms with Crippen LogP contribution in [0.15, 0.2) is 82.4 Å². The maximum Gasteiger partial charge on any atom is 0.329 e. The molecule has 2 N–H and O–H groups in total. The van der Waals surface area contributed by atoms with Crippen LogP contribution in [0.5, 0.6) is 5.75 Å². The summed E-state index contributed by atoms with van der Waals surface area (Å²) < 4.78 is 6.68. The largest absolute Gasteiger partial charge is 0.488 e. The van der Waals surface area contributed by atoms with Gasteiger partial charge in [-0.15, -0.1) is 0 Å². The lowest BCUT2D eigenvalue weighted by atomic mass is 10.2. The third-order valence-electron chi connectivity index (χ3n) is 3.87. The quantitative estimate of drug-likeness (QED) is 0.299. The Morgan fingerprint density at radius 2 is 1.80 bits per heavy atom. The van der Waals surface area contributed by atoms with E-state index < -0.39 is 11.8 Å². The smallest absolute Gasteiger partial charge is 0.329 e. The van der Waals surface area contributed by atoms with Gasteiger partial charge < -0.3 is 10.1 Å². The molecule has 0 bridgehead atoms. The molecule has 0 aliphatic heterocycles. The lowest BCUT2D eigenvalue weighted by Crippen LogP contribution is -2.32. The zero-order valence-electron chi connectivity index (χ0n) is 15.6. The summed E-state index contributed by atoms with van der Waals surface area (Å²) in [5.74, 6) is -1.18. The van der Waals surface area contributed by atoms with Crippen molar-refractivity contribution in [1.29, 1.82) is 0 Å². The first kappa shape index (κ1) is 21.5. The highest BCUT2D eigenvalue weighted by Crippen LogP contribution is 2.23. The van der Waals surface area contributed by atoms with Crippen LogP contribution in [0.4, 0.5) is 5.69 Å². The summed E-state index contributed by atoms with van der Waals surface area (Å²) >= 11 is 9.26. The molecule has 0 unspecified atom stereocenters. The van der Waals surface area contributed by atoms with E-state index in [9.17, 15) is 9.59 Å². The zero-order chi connectivity index (χ0) is 21.3. The minimum absolute atomic E-state index is 0.387. The number of anilines is 1. The Bertz CT molecular complexity index is 1070. The van der Waals surface area contributed by atoms with Crippen LogP contribution in [0.25, 0.3) is 0 Å². The number of hydrogen-bond donors (Lipinski definition) is 2. The summed E-state index contributed by atoms with van der Waals surface area (Å²) in [6.07, 6.45) is 1.41. The maximum atomic E-state index is 12.0. The number of nitrogens with one attached hydrogen (secondary N) is 2. The highest BCUT2D eigenvalue weighted by Gasteiger charge is 2.13. The van der Waals surface area contributed by atoms with Gasteiger partial charge in [-0.05, 0) is 42.0 Å². The van der Waals surface area contributed by atoms with E-state index in [-0.39, 0.29) is 0 Å². The lowest BCUT2D eigenvalue weighted by Gasteiger charge is -2.09. The molecule has 0 saturated carbocycles. The molecule has 152 valence electrons. The van der Waals surface area contributed by atoms with Gasteiger partial charge in [-0.1, -0.05) is 63.9 Å². The molecule has 2 amide bonds. The maximum absolute atomic E-state index is 12.0. The predicted octanol–water partition coefficient (Wildman–Crippen LogP) is 4.77. The molecule has 0 aliphatic carbocycles. The van der Waals surface area contributed by atoms with Crippen molar-refractivity contribution in [3.05, 3.63) is 93.4 Å². The molecular weight excluding hydrogens is 470 g/mol. The number of rotatable bonds is 6. The van der Waals surface area contributed by atoms with Gasteiger partial charge in [0, 0.05) is 20.7 Å². The molecular formula is C22H17BrClN3O3. The van der Waals surface area contributed by atoms with Gasteiger partial charge in [0.05, 0.1) is 6.21 Å². The molecule has 0 aromatic heterocycles. The van der Waals surface area contributed by atoms with E-state index in [1.807, 2.05) is 36.4 Å². The van der Waals surface area contributed by atoms with E-state index in [0.29, 0.717) is 28.6 Å². The third-order valence-corrected chi connectivity index (χ3v) is 4.60. The molecule has 6 nitrogen and oxygen atoms in total. The average molecular weight is 487 g/mol. The van der Waals surface area contributed by atoms with E-state index in [0.717, 1.165) is 10.0 Å². The number of benzene rings is 3. The highest BCUT2D eigenvalue weighted by atomic mass is 79.9. The second-order valence-electron chi connectivity index (χ2n) is 6.12. The molecule has 0 fully saturated rings. The van der Waals surface area contributed by atoms with E-state index in [4.69, 9.17) is 16.3 Å². The van der Waals surface area contributed by atoms with Gasteiger partial charge in [-0.3, -0.25) is 9.59 Å². The first-order valence-corrected chi connectivity index (χ1v) is 10.0. The van der Waals surface area contributed by atoms with Crippen LogP contribution < -0.4 is 15.5 Å². The number of amides is 2. The molecule has 0 saturated heterocycles. The minimum atomic E-state index is -0.909. The molecule has 0 radical (unpaired) electrons. The first-order valence-electron chi connectivity index (χ1n) is 8.87. The van der Waals surface area contributed by atoms with Crippen molar-refractivity contribution >= 4 is 51.2 Å². The number of carbonyl (C=O) groups excluding carboxylic acids is 2. The van der Waals surface area contributed by atoms with Crippen molar-refractivity contribution in [3.63, 3.8) is 0 Å². The molecule has 30 heavy (non-hydrogen) atoms. The summed E-state index contributed by atoms with van der Waals surface area (Å²) in [6, 6.07) is 21.7. The molecule has 8 heteroatoms. The van der Waals surface area contributed by atoms with E-state index in [2.05, 4.69) is 31.8 Å². The number of hydrazone groups is 1. The summed E-state index contributed by atoms with van der Waals surface area (Å²) in [7, 11) is 0. The molecule has 3 rings (SSSR count). The van der Waals surface area contributed by atoms with Crippen LogP contribution in [0.3, 0.4) is 0 Å². The second-order valence-corrected chi connectivity index (χ2v) is 7.47. The highest BCUT2D eigenvalue weighted by molar-refractivity contribution is 9.10. The summed E-state index contributed by atoms with van der Waals surface area (Å²) in [6.45, 7) is 0.387. The molecule has 0 heterocycles. The molecule has 0 aliphatic rings. The standard InChI is InChI=1S/C22H17BrClN3O3/c23-17-9-10-20(30-14-15-5-2-1-3-6-15)16(11-17)13-25-27-22(29)21(28)26-19-8-4-7-18(24)12-19/h1-13H,14H2,(H,26,28)(H,27,29)/b25-13-. The van der Waals surface area contributed by atoms with Gasteiger partial charge in [-0.2, -0.15) is 5.10 Å². The van der Waals surface area contributed by atoms with Crippen LogP contribution in [0, 0.1) is 0 Å². The van der Waals surface area contributed by atoms with Crippen molar-refractivity contribution in [3.8, 4) is 5.75 Å². The summed E-state index contributed by atoms with van der Waals surface area (Å²) in [5.41, 5.74) is 4.27. The Morgan fingerprint density at radius 3 is 2.57 bits per heavy atom. The molecule has 3 aromatic rings. The monoisotopic (exact) mass is 485 g/mol. The Hall–Kier alpha value is -3.16. The van der Waals surface area contributed by atoms with Crippen LogP contribution in [0.1, 0.15) is 11.1 Å². The summed E-state index contributed by atoms with van der Waals surface area (Å²) in [5, 5.41) is 6.76. The SMILES string of the molecule is O=C(N/N=C\c1cc(Br)ccc1OCc1ccccc1)C(=O)Nc1cccc(Cl)c1. The van der Waals surface area contributed by atoms with Crippen molar-refractivity contribution < 1.29 is 14.3 Å². The zero-order valence-corrected chi connectivity index (χ0v) is 18.0. The van der Waals surface area contributed by atoms with Gasteiger partial charge in [0.1, 0.15) is 12.4 Å². The van der Waals surface area contributed by atoms with Crippen molar-refractivity contribution in [2.75, 3.05) is 5.32 Å². The first-order chi connectivity index (χ1) is 14.5. The topological polar surface area (TPSA) is 79.8 Å². The normalized spacial score (nSPS) is 10.6. The third kappa shape index (κ3) is 6.43.